The standard InChI is InChI=1S/C18H17N3O3/c22-18(21-9-1-2-10-21)17-20-14(12-24-17)11-23-15-7-3-5-13-6-4-8-19-16(13)15/h3-8,12H,1-2,9-11H2. The molecule has 2 aromatic heterocycles. The Morgan fingerprint density at radius 1 is 1.21 bits per heavy atom. The third-order valence-corrected chi connectivity index (χ3v) is 4.10. The first kappa shape index (κ1) is 14.7. The Morgan fingerprint density at radius 2 is 2.04 bits per heavy atom. The maximum absolute atomic E-state index is 12.2. The molecule has 0 atom stereocenters. The first-order valence-electron chi connectivity index (χ1n) is 8.01. The van der Waals surface area contributed by atoms with Crippen molar-refractivity contribution >= 4 is 16.8 Å². The number of nitrogens with zero attached hydrogens (tertiary/aromatic N) is 3. The van der Waals surface area contributed by atoms with Crippen LogP contribution in [0.3, 0.4) is 0 Å². The summed E-state index contributed by atoms with van der Waals surface area (Å²) in [5.74, 6) is 0.667. The number of aromatic nitrogens is 2. The van der Waals surface area contributed by atoms with Gasteiger partial charge in [-0.05, 0) is 25.0 Å². The number of likely N-dealkylation sites (tertiary alicyclic amines) is 1. The van der Waals surface area contributed by atoms with Crippen LogP contribution < -0.4 is 4.74 Å². The maximum Gasteiger partial charge on any atom is 0.309 e. The highest BCUT2D eigenvalue weighted by atomic mass is 16.5. The average molecular weight is 323 g/mol. The quantitative estimate of drug-likeness (QED) is 0.738. The molecule has 0 bridgehead atoms. The SMILES string of the molecule is O=C(c1nc(COc2cccc3cccnc23)co1)N1CCCC1. The van der Waals surface area contributed by atoms with Gasteiger partial charge in [0.2, 0.25) is 0 Å². The molecule has 4 rings (SSSR count). The molecule has 24 heavy (non-hydrogen) atoms. The molecule has 0 N–H and O–H groups in total. The zero-order chi connectivity index (χ0) is 16.4. The van der Waals surface area contributed by atoms with Crippen molar-refractivity contribution in [3.8, 4) is 5.75 Å². The minimum atomic E-state index is -0.148. The molecular formula is C18H17N3O3. The number of para-hydroxylation sites is 1. The van der Waals surface area contributed by atoms with E-state index in [0.717, 1.165) is 36.8 Å². The number of benzene rings is 1. The molecule has 1 amide bonds. The van der Waals surface area contributed by atoms with Crippen LogP contribution in [0, 0.1) is 0 Å². The lowest BCUT2D eigenvalue weighted by Crippen LogP contribution is -2.27. The van der Waals surface area contributed by atoms with Gasteiger partial charge >= 0.3 is 5.91 Å². The Hall–Kier alpha value is -2.89. The fourth-order valence-corrected chi connectivity index (χ4v) is 2.87. The van der Waals surface area contributed by atoms with Gasteiger partial charge in [-0.2, -0.15) is 0 Å². The third-order valence-electron chi connectivity index (χ3n) is 4.10. The predicted molar refractivity (Wildman–Crippen MR) is 87.7 cm³/mol. The fourth-order valence-electron chi connectivity index (χ4n) is 2.87. The number of oxazole rings is 1. The molecule has 0 radical (unpaired) electrons. The van der Waals surface area contributed by atoms with Gasteiger partial charge in [0.1, 0.15) is 29.8 Å². The molecule has 1 fully saturated rings. The summed E-state index contributed by atoms with van der Waals surface area (Å²) in [5.41, 5.74) is 1.39. The van der Waals surface area contributed by atoms with Gasteiger partial charge in [0, 0.05) is 24.7 Å². The van der Waals surface area contributed by atoms with E-state index in [9.17, 15) is 4.79 Å². The molecule has 122 valence electrons. The number of fused-ring (bicyclic) bond motifs is 1. The Bertz CT molecular complexity index is 863. The number of amides is 1. The van der Waals surface area contributed by atoms with Gasteiger partial charge in [-0.15, -0.1) is 0 Å². The van der Waals surface area contributed by atoms with Crippen molar-refractivity contribution in [3.63, 3.8) is 0 Å². The molecule has 0 aliphatic carbocycles. The van der Waals surface area contributed by atoms with Gasteiger partial charge in [0.15, 0.2) is 0 Å². The van der Waals surface area contributed by atoms with E-state index >= 15 is 0 Å². The van der Waals surface area contributed by atoms with E-state index in [-0.39, 0.29) is 18.4 Å². The first-order chi connectivity index (χ1) is 11.8. The molecule has 3 heterocycles. The largest absolute Gasteiger partial charge is 0.485 e. The zero-order valence-corrected chi connectivity index (χ0v) is 13.1. The highest BCUT2D eigenvalue weighted by molar-refractivity contribution is 5.89. The molecule has 0 spiro atoms. The molecule has 1 aliphatic heterocycles. The monoisotopic (exact) mass is 323 g/mol. The van der Waals surface area contributed by atoms with Gasteiger partial charge < -0.3 is 14.1 Å². The van der Waals surface area contributed by atoms with Crippen LogP contribution >= 0.6 is 0 Å². The van der Waals surface area contributed by atoms with Crippen LogP contribution in [0.25, 0.3) is 10.9 Å². The van der Waals surface area contributed by atoms with E-state index in [1.807, 2.05) is 30.3 Å². The highest BCUT2D eigenvalue weighted by Crippen LogP contribution is 2.24. The zero-order valence-electron chi connectivity index (χ0n) is 13.1. The van der Waals surface area contributed by atoms with E-state index < -0.39 is 0 Å². The predicted octanol–water partition coefficient (Wildman–Crippen LogP) is 3.04. The van der Waals surface area contributed by atoms with Crippen molar-refractivity contribution in [1.29, 1.82) is 0 Å². The second kappa shape index (κ2) is 6.31. The van der Waals surface area contributed by atoms with E-state index in [1.165, 1.54) is 6.26 Å². The highest BCUT2D eigenvalue weighted by Gasteiger charge is 2.23. The fraction of sp³-hybridized carbons (Fsp3) is 0.278. The second-order valence-electron chi connectivity index (χ2n) is 5.76. The summed E-state index contributed by atoms with van der Waals surface area (Å²) >= 11 is 0. The molecule has 3 aromatic rings. The molecule has 6 heteroatoms. The van der Waals surface area contributed by atoms with E-state index in [2.05, 4.69) is 9.97 Å². The van der Waals surface area contributed by atoms with Gasteiger partial charge in [0.25, 0.3) is 5.89 Å². The topological polar surface area (TPSA) is 68.5 Å². The summed E-state index contributed by atoms with van der Waals surface area (Å²) in [6.07, 6.45) is 5.28. The minimum absolute atomic E-state index is 0.131. The minimum Gasteiger partial charge on any atom is -0.485 e. The molecule has 1 saturated heterocycles. The number of carbonyl (C=O) groups is 1. The van der Waals surface area contributed by atoms with Gasteiger partial charge in [0.05, 0.1) is 0 Å². The Kier molecular flexibility index (Phi) is 3.86. The Morgan fingerprint density at radius 3 is 2.92 bits per heavy atom. The smallest absolute Gasteiger partial charge is 0.309 e. The molecule has 0 unspecified atom stereocenters. The van der Waals surface area contributed by atoms with Crippen molar-refractivity contribution in [1.82, 2.24) is 14.9 Å². The molecular weight excluding hydrogens is 306 g/mol. The lowest BCUT2D eigenvalue weighted by atomic mass is 10.2. The lowest BCUT2D eigenvalue weighted by molar-refractivity contribution is 0.0753. The summed E-state index contributed by atoms with van der Waals surface area (Å²) in [6.45, 7) is 1.77. The number of rotatable bonds is 4. The van der Waals surface area contributed by atoms with E-state index in [0.29, 0.717) is 11.4 Å². The summed E-state index contributed by atoms with van der Waals surface area (Å²) in [6, 6.07) is 9.65. The average Bonchev–Trinajstić information content (AvgIpc) is 3.31. The van der Waals surface area contributed by atoms with Crippen LogP contribution in [0.15, 0.2) is 47.2 Å². The third kappa shape index (κ3) is 2.82. The van der Waals surface area contributed by atoms with Gasteiger partial charge in [-0.25, -0.2) is 4.98 Å². The molecule has 6 nitrogen and oxygen atoms in total. The number of pyridine rings is 1. The van der Waals surface area contributed by atoms with Gasteiger partial charge in [-0.3, -0.25) is 9.78 Å². The summed E-state index contributed by atoms with van der Waals surface area (Å²) in [5, 5.41) is 1.01. The van der Waals surface area contributed by atoms with Crippen LogP contribution in [0.5, 0.6) is 5.75 Å². The summed E-state index contributed by atoms with van der Waals surface area (Å²) < 4.78 is 11.1. The summed E-state index contributed by atoms with van der Waals surface area (Å²) in [7, 11) is 0. The Balaban J connectivity index is 1.47. The maximum atomic E-state index is 12.2. The summed E-state index contributed by atoms with van der Waals surface area (Å²) in [4.78, 5) is 22.6. The van der Waals surface area contributed by atoms with Crippen LogP contribution in [-0.2, 0) is 6.61 Å². The van der Waals surface area contributed by atoms with Crippen molar-refractivity contribution < 1.29 is 13.9 Å². The molecule has 1 aliphatic rings. The first-order valence-corrected chi connectivity index (χ1v) is 8.01. The van der Waals surface area contributed by atoms with E-state index in [1.54, 1.807) is 11.1 Å². The normalized spacial score (nSPS) is 14.2. The molecule has 0 saturated carbocycles. The van der Waals surface area contributed by atoms with E-state index in [4.69, 9.17) is 9.15 Å². The van der Waals surface area contributed by atoms with Crippen molar-refractivity contribution in [3.05, 3.63) is 54.4 Å². The van der Waals surface area contributed by atoms with Gasteiger partial charge in [-0.1, -0.05) is 18.2 Å². The van der Waals surface area contributed by atoms with Crippen LogP contribution in [0.2, 0.25) is 0 Å². The Labute approximate surface area is 139 Å². The van der Waals surface area contributed by atoms with Crippen molar-refractivity contribution in [2.24, 2.45) is 0 Å². The second-order valence-corrected chi connectivity index (χ2v) is 5.76. The molecule has 1 aromatic carbocycles. The van der Waals surface area contributed by atoms with Crippen LogP contribution in [0.1, 0.15) is 29.2 Å². The van der Waals surface area contributed by atoms with Crippen LogP contribution in [-0.4, -0.2) is 33.9 Å². The lowest BCUT2D eigenvalue weighted by Gasteiger charge is -2.11. The van der Waals surface area contributed by atoms with Crippen LogP contribution in [0.4, 0.5) is 0 Å². The van der Waals surface area contributed by atoms with Crippen molar-refractivity contribution in [2.45, 2.75) is 19.4 Å². The number of carbonyl (C=O) groups excluding carboxylic acids is 1. The number of hydrogen-bond acceptors (Lipinski definition) is 5. The number of hydrogen-bond donors (Lipinski definition) is 0. The van der Waals surface area contributed by atoms with Crippen molar-refractivity contribution in [2.75, 3.05) is 13.1 Å². The number of ether oxygens (including phenoxy) is 1.